The molecule has 0 aliphatic heterocycles. The topological polar surface area (TPSA) is 117 Å². The van der Waals surface area contributed by atoms with Crippen LogP contribution < -0.4 is 10.6 Å². The summed E-state index contributed by atoms with van der Waals surface area (Å²) >= 11 is 0. The second-order valence-corrected chi connectivity index (χ2v) is 6.87. The number of ether oxygens (including phenoxy) is 2. The monoisotopic (exact) mass is 320 g/mol. The summed E-state index contributed by atoms with van der Waals surface area (Å²) < 4.78 is 10.1. The number of carbonyl (C=O) groups is 2. The summed E-state index contributed by atoms with van der Waals surface area (Å²) in [5.74, 6) is 0. The van der Waals surface area contributed by atoms with Gasteiger partial charge in [0, 0.05) is 0 Å². The van der Waals surface area contributed by atoms with Crippen LogP contribution in [0.15, 0.2) is 0 Å². The van der Waals surface area contributed by atoms with Gasteiger partial charge in [-0.1, -0.05) is 0 Å². The molecule has 0 heterocycles. The van der Waals surface area contributed by atoms with Gasteiger partial charge in [-0.3, -0.25) is 0 Å². The smallest absolute Gasteiger partial charge is 0.408 e. The van der Waals surface area contributed by atoms with Gasteiger partial charge in [0.25, 0.3) is 0 Å². The fourth-order valence-corrected chi connectivity index (χ4v) is 1.46. The van der Waals surface area contributed by atoms with E-state index in [1.807, 2.05) is 0 Å². The van der Waals surface area contributed by atoms with Crippen molar-refractivity contribution < 1.29 is 29.3 Å². The zero-order chi connectivity index (χ0) is 17.6. The molecule has 0 bridgehead atoms. The normalized spacial score (nSPS) is 14.7. The average molecular weight is 320 g/mol. The molecule has 0 saturated carbocycles. The molecule has 0 unspecified atom stereocenters. The Morgan fingerprint density at radius 2 is 1.09 bits per heavy atom. The van der Waals surface area contributed by atoms with Gasteiger partial charge in [-0.25, -0.2) is 9.59 Å². The molecule has 0 aliphatic rings. The number of aliphatic hydroxyl groups is 2. The Kier molecular flexibility index (Phi) is 7.61. The van der Waals surface area contributed by atoms with Crippen molar-refractivity contribution >= 4 is 12.2 Å². The van der Waals surface area contributed by atoms with Crippen LogP contribution in [0.1, 0.15) is 41.5 Å². The van der Waals surface area contributed by atoms with E-state index in [1.165, 1.54) is 0 Å². The summed E-state index contributed by atoms with van der Waals surface area (Å²) in [7, 11) is 0. The van der Waals surface area contributed by atoms with Gasteiger partial charge >= 0.3 is 12.2 Å². The predicted molar refractivity (Wildman–Crippen MR) is 80.5 cm³/mol. The molecule has 8 heteroatoms. The molecule has 0 aromatic carbocycles. The van der Waals surface area contributed by atoms with Crippen LogP contribution in [-0.2, 0) is 9.47 Å². The fourth-order valence-electron chi connectivity index (χ4n) is 1.46. The molecule has 4 N–H and O–H groups in total. The third-order valence-corrected chi connectivity index (χ3v) is 2.28. The first kappa shape index (κ1) is 20.5. The molecule has 0 rings (SSSR count). The summed E-state index contributed by atoms with van der Waals surface area (Å²) in [6, 6.07) is -1.82. The highest BCUT2D eigenvalue weighted by atomic mass is 16.6. The van der Waals surface area contributed by atoms with E-state index >= 15 is 0 Å². The van der Waals surface area contributed by atoms with Crippen LogP contribution in [0.3, 0.4) is 0 Å². The average Bonchev–Trinajstić information content (AvgIpc) is 2.28. The van der Waals surface area contributed by atoms with Crippen LogP contribution in [0.4, 0.5) is 9.59 Å². The van der Waals surface area contributed by atoms with Gasteiger partial charge in [-0.05, 0) is 41.5 Å². The lowest BCUT2D eigenvalue weighted by Crippen LogP contribution is -2.56. The molecule has 0 saturated heterocycles. The highest BCUT2D eigenvalue weighted by Gasteiger charge is 2.28. The van der Waals surface area contributed by atoms with Crippen molar-refractivity contribution in [1.82, 2.24) is 10.6 Å². The highest BCUT2D eigenvalue weighted by molar-refractivity contribution is 5.70. The van der Waals surface area contributed by atoms with E-state index in [4.69, 9.17) is 9.47 Å². The van der Waals surface area contributed by atoms with E-state index in [1.54, 1.807) is 41.5 Å². The number of carbonyl (C=O) groups excluding carboxylic acids is 2. The van der Waals surface area contributed by atoms with Crippen molar-refractivity contribution in [2.24, 2.45) is 0 Å². The number of hydrogen-bond donors (Lipinski definition) is 4. The summed E-state index contributed by atoms with van der Waals surface area (Å²) in [6.07, 6.45) is -1.51. The second-order valence-electron chi connectivity index (χ2n) is 6.87. The summed E-state index contributed by atoms with van der Waals surface area (Å²) in [5, 5.41) is 23.5. The molecule has 0 radical (unpaired) electrons. The Balaban J connectivity index is 4.67. The quantitative estimate of drug-likeness (QED) is 0.594. The van der Waals surface area contributed by atoms with Crippen LogP contribution >= 0.6 is 0 Å². The molecule has 0 aromatic rings. The molecule has 0 aromatic heterocycles. The van der Waals surface area contributed by atoms with Gasteiger partial charge in [0.2, 0.25) is 0 Å². The number of amides is 2. The summed E-state index contributed by atoms with van der Waals surface area (Å²) in [5.41, 5.74) is -1.39. The Morgan fingerprint density at radius 3 is 1.27 bits per heavy atom. The molecule has 8 nitrogen and oxygen atoms in total. The van der Waals surface area contributed by atoms with E-state index in [9.17, 15) is 19.8 Å². The zero-order valence-electron chi connectivity index (χ0n) is 14.1. The third kappa shape index (κ3) is 9.41. The van der Waals surface area contributed by atoms with Crippen LogP contribution in [0.25, 0.3) is 0 Å². The van der Waals surface area contributed by atoms with Crippen molar-refractivity contribution in [2.75, 3.05) is 13.2 Å². The van der Waals surface area contributed by atoms with Crippen LogP contribution in [-0.4, -0.2) is 58.9 Å². The van der Waals surface area contributed by atoms with Gasteiger partial charge in [-0.2, -0.15) is 0 Å². The number of nitrogens with one attached hydrogen (secondary N) is 2. The van der Waals surface area contributed by atoms with Crippen molar-refractivity contribution in [3.05, 3.63) is 0 Å². The zero-order valence-corrected chi connectivity index (χ0v) is 14.1. The Morgan fingerprint density at radius 1 is 0.818 bits per heavy atom. The molecule has 0 fully saturated rings. The number of hydrogen-bond acceptors (Lipinski definition) is 6. The summed E-state index contributed by atoms with van der Waals surface area (Å²) in [6.45, 7) is 9.21. The lowest BCUT2D eigenvalue weighted by molar-refractivity contribution is 0.0365. The second kappa shape index (κ2) is 8.19. The molecular weight excluding hydrogens is 292 g/mol. The number of rotatable bonds is 5. The molecule has 22 heavy (non-hydrogen) atoms. The van der Waals surface area contributed by atoms with Gasteiger partial charge < -0.3 is 30.3 Å². The predicted octanol–water partition coefficient (Wildman–Crippen LogP) is 0.758. The third-order valence-electron chi connectivity index (χ3n) is 2.28. The van der Waals surface area contributed by atoms with E-state index in [0.29, 0.717) is 0 Å². The van der Waals surface area contributed by atoms with Crippen LogP contribution in [0.2, 0.25) is 0 Å². The lowest BCUT2D eigenvalue weighted by Gasteiger charge is -2.28. The van der Waals surface area contributed by atoms with Crippen molar-refractivity contribution in [3.8, 4) is 0 Å². The summed E-state index contributed by atoms with van der Waals surface area (Å²) in [4.78, 5) is 23.4. The van der Waals surface area contributed by atoms with E-state index in [0.717, 1.165) is 0 Å². The highest BCUT2D eigenvalue weighted by Crippen LogP contribution is 2.09. The minimum absolute atomic E-state index is 0.486. The Bertz CT molecular complexity index is 337. The molecule has 2 atom stereocenters. The molecule has 130 valence electrons. The molecule has 0 spiro atoms. The SMILES string of the molecule is CC(C)(C)OC(=O)N[C@@H](CO)[C@@H](CO)NC(=O)OC(C)(C)C. The maximum absolute atomic E-state index is 11.7. The van der Waals surface area contributed by atoms with Gasteiger partial charge in [0.05, 0.1) is 25.3 Å². The number of alkyl carbamates (subject to hydrolysis) is 2. The van der Waals surface area contributed by atoms with E-state index in [-0.39, 0.29) is 0 Å². The first-order chi connectivity index (χ1) is 9.88. The standard InChI is InChI=1S/C14H28N2O6/c1-13(2,3)21-11(19)15-9(7-17)10(8-18)16-12(20)22-14(4,5)6/h9-10,17-18H,7-8H2,1-6H3,(H,15,19)(H,16,20)/t9-,10+. The lowest BCUT2D eigenvalue weighted by atomic mass is 10.1. The molecule has 0 aliphatic carbocycles. The van der Waals surface area contributed by atoms with E-state index in [2.05, 4.69) is 10.6 Å². The van der Waals surface area contributed by atoms with Crippen molar-refractivity contribution in [3.63, 3.8) is 0 Å². The van der Waals surface area contributed by atoms with E-state index < -0.39 is 48.7 Å². The first-order valence-corrected chi connectivity index (χ1v) is 7.08. The minimum Gasteiger partial charge on any atom is -0.444 e. The Hall–Kier alpha value is -1.54. The maximum Gasteiger partial charge on any atom is 0.408 e. The van der Waals surface area contributed by atoms with Gasteiger partial charge in [-0.15, -0.1) is 0 Å². The number of aliphatic hydroxyl groups excluding tert-OH is 2. The van der Waals surface area contributed by atoms with Crippen molar-refractivity contribution in [2.45, 2.75) is 64.8 Å². The van der Waals surface area contributed by atoms with Crippen LogP contribution in [0.5, 0.6) is 0 Å². The first-order valence-electron chi connectivity index (χ1n) is 7.08. The molecule has 2 amide bonds. The Labute approximate surface area is 131 Å². The van der Waals surface area contributed by atoms with Gasteiger partial charge in [0.1, 0.15) is 11.2 Å². The molecular formula is C14H28N2O6. The van der Waals surface area contributed by atoms with Crippen molar-refractivity contribution in [1.29, 1.82) is 0 Å². The minimum atomic E-state index is -0.910. The van der Waals surface area contributed by atoms with Gasteiger partial charge in [0.15, 0.2) is 0 Å². The fraction of sp³-hybridized carbons (Fsp3) is 0.857. The van der Waals surface area contributed by atoms with Crippen LogP contribution in [0, 0.1) is 0 Å². The maximum atomic E-state index is 11.7. The largest absolute Gasteiger partial charge is 0.444 e.